The number of carbonyl (C=O) groups is 1. The Morgan fingerprint density at radius 1 is 1.00 bits per heavy atom. The fourth-order valence-electron chi connectivity index (χ4n) is 3.45. The van der Waals surface area contributed by atoms with E-state index in [0.29, 0.717) is 11.3 Å². The van der Waals surface area contributed by atoms with E-state index in [4.69, 9.17) is 0 Å². The second-order valence-corrected chi connectivity index (χ2v) is 7.11. The molecule has 6 nitrogen and oxygen atoms in total. The minimum absolute atomic E-state index is 0.102. The number of carbonyl (C=O) groups excluding carboxylic acids is 1. The van der Waals surface area contributed by atoms with Crippen LogP contribution in [0.25, 0.3) is 0 Å². The molecule has 0 fully saturated rings. The lowest BCUT2D eigenvalue weighted by Crippen LogP contribution is -2.44. The quantitative estimate of drug-likeness (QED) is 0.393. The number of rotatable bonds is 5. The van der Waals surface area contributed by atoms with E-state index in [9.17, 15) is 9.90 Å². The summed E-state index contributed by atoms with van der Waals surface area (Å²) in [5.74, 6) is -0.287. The van der Waals surface area contributed by atoms with Gasteiger partial charge in [-0.2, -0.15) is 5.10 Å². The maximum absolute atomic E-state index is 12.7. The zero-order valence-electron chi connectivity index (χ0n) is 16.5. The van der Waals surface area contributed by atoms with Crippen LogP contribution < -0.4 is 16.3 Å². The minimum atomic E-state index is -0.687. The molecule has 0 aromatic heterocycles. The second kappa shape index (κ2) is 8.23. The van der Waals surface area contributed by atoms with Crippen molar-refractivity contribution in [3.8, 4) is 5.75 Å². The Labute approximate surface area is 174 Å². The Balaban J connectivity index is 1.59. The Bertz CT molecular complexity index is 1070. The molecule has 0 atom stereocenters. The Morgan fingerprint density at radius 2 is 1.63 bits per heavy atom. The van der Waals surface area contributed by atoms with Crippen LogP contribution in [-0.2, 0) is 10.3 Å². The molecular formula is C24H22N4O2. The van der Waals surface area contributed by atoms with Gasteiger partial charge in [0.15, 0.2) is 0 Å². The van der Waals surface area contributed by atoms with Gasteiger partial charge in [0, 0.05) is 5.56 Å². The van der Waals surface area contributed by atoms with Crippen molar-refractivity contribution in [3.63, 3.8) is 0 Å². The van der Waals surface area contributed by atoms with Crippen molar-refractivity contribution in [2.45, 2.75) is 12.5 Å². The van der Waals surface area contributed by atoms with Crippen molar-refractivity contribution in [1.29, 1.82) is 0 Å². The number of hydrogen-bond donors (Lipinski definition) is 4. The molecule has 4 N–H and O–H groups in total. The summed E-state index contributed by atoms with van der Waals surface area (Å²) in [7, 11) is 0. The smallest absolute Gasteiger partial charge is 0.288 e. The number of hydrazone groups is 1. The summed E-state index contributed by atoms with van der Waals surface area (Å²) >= 11 is 0. The predicted molar refractivity (Wildman–Crippen MR) is 117 cm³/mol. The molecule has 0 spiro atoms. The number of phenolic OH excluding ortho intramolecular Hbond substituents is 1. The molecule has 0 radical (unpaired) electrons. The maximum Gasteiger partial charge on any atom is 0.288 e. The average Bonchev–Trinajstić information content (AvgIpc) is 3.24. The first-order chi connectivity index (χ1) is 14.6. The zero-order chi connectivity index (χ0) is 21.0. The average molecular weight is 398 g/mol. The lowest BCUT2D eigenvalue weighted by molar-refractivity contribution is -0.117. The zero-order valence-corrected chi connectivity index (χ0v) is 16.5. The monoisotopic (exact) mass is 398 g/mol. The Kier molecular flexibility index (Phi) is 5.32. The van der Waals surface area contributed by atoms with Crippen molar-refractivity contribution < 1.29 is 9.90 Å². The van der Waals surface area contributed by atoms with Gasteiger partial charge in [0.05, 0.1) is 6.21 Å². The molecule has 0 aliphatic carbocycles. The Hall–Kier alpha value is -3.90. The summed E-state index contributed by atoms with van der Waals surface area (Å²) in [6, 6.07) is 25.0. The summed E-state index contributed by atoms with van der Waals surface area (Å²) < 4.78 is 0. The van der Waals surface area contributed by atoms with Crippen molar-refractivity contribution in [2.24, 2.45) is 5.10 Å². The van der Waals surface area contributed by atoms with Crippen molar-refractivity contribution >= 4 is 12.1 Å². The molecule has 30 heavy (non-hydrogen) atoms. The van der Waals surface area contributed by atoms with Gasteiger partial charge in [0.25, 0.3) is 5.91 Å². The number of hydrazine groups is 1. The second-order valence-electron chi connectivity index (χ2n) is 7.11. The molecule has 1 amide bonds. The lowest BCUT2D eigenvalue weighted by atomic mass is 9.83. The summed E-state index contributed by atoms with van der Waals surface area (Å²) in [5, 5.41) is 13.9. The molecule has 4 rings (SSSR count). The number of nitrogens with zero attached hydrogens (tertiary/aromatic N) is 1. The topological polar surface area (TPSA) is 85.8 Å². The van der Waals surface area contributed by atoms with E-state index in [1.54, 1.807) is 18.2 Å². The third kappa shape index (κ3) is 3.81. The van der Waals surface area contributed by atoms with Gasteiger partial charge in [-0.25, -0.2) is 10.9 Å². The summed E-state index contributed by atoms with van der Waals surface area (Å²) in [4.78, 5) is 12.7. The third-order valence-electron chi connectivity index (χ3n) is 5.01. The highest BCUT2D eigenvalue weighted by Gasteiger charge is 2.38. The number of nitrogens with one attached hydrogen (secondary N) is 3. The SMILES string of the molecule is Cc1ccc(O)c(C=NNC(=O)C2=CC(c3ccccc3)(c3ccccc3)NN2)c1. The number of amides is 1. The van der Waals surface area contributed by atoms with E-state index < -0.39 is 5.54 Å². The number of phenols is 1. The van der Waals surface area contributed by atoms with E-state index in [0.717, 1.165) is 16.7 Å². The van der Waals surface area contributed by atoms with E-state index in [1.807, 2.05) is 73.7 Å². The normalized spacial score (nSPS) is 14.9. The van der Waals surface area contributed by atoms with Crippen LogP contribution in [0.3, 0.4) is 0 Å². The third-order valence-corrected chi connectivity index (χ3v) is 5.01. The first-order valence-electron chi connectivity index (χ1n) is 9.58. The lowest BCUT2D eigenvalue weighted by Gasteiger charge is -2.28. The van der Waals surface area contributed by atoms with Gasteiger partial charge in [-0.15, -0.1) is 0 Å². The highest BCUT2D eigenvalue weighted by molar-refractivity contribution is 5.94. The molecule has 1 aliphatic heterocycles. The van der Waals surface area contributed by atoms with Gasteiger partial charge in [-0.3, -0.25) is 4.79 Å². The predicted octanol–water partition coefficient (Wildman–Crippen LogP) is 3.09. The molecule has 0 bridgehead atoms. The maximum atomic E-state index is 12.7. The van der Waals surface area contributed by atoms with Crippen molar-refractivity contribution in [1.82, 2.24) is 16.3 Å². The molecule has 3 aromatic rings. The fourth-order valence-corrected chi connectivity index (χ4v) is 3.45. The number of hydrogen-bond acceptors (Lipinski definition) is 5. The van der Waals surface area contributed by atoms with Crippen LogP contribution in [-0.4, -0.2) is 17.2 Å². The van der Waals surface area contributed by atoms with Crippen LogP contribution in [0.2, 0.25) is 0 Å². The molecule has 1 aliphatic rings. The van der Waals surface area contributed by atoms with Crippen molar-refractivity contribution in [3.05, 3.63) is 113 Å². The molecule has 0 saturated heterocycles. The summed E-state index contributed by atoms with van der Waals surface area (Å²) in [6.07, 6.45) is 3.28. The molecule has 0 saturated carbocycles. The van der Waals surface area contributed by atoms with Crippen LogP contribution in [0.4, 0.5) is 0 Å². The van der Waals surface area contributed by atoms with Gasteiger partial charge in [0.1, 0.15) is 17.0 Å². The van der Waals surface area contributed by atoms with Crippen LogP contribution in [0.15, 0.2) is 95.7 Å². The Morgan fingerprint density at radius 3 is 2.27 bits per heavy atom. The van der Waals surface area contributed by atoms with Gasteiger partial charge in [0.2, 0.25) is 0 Å². The van der Waals surface area contributed by atoms with E-state index in [-0.39, 0.29) is 11.7 Å². The number of aromatic hydroxyl groups is 1. The molecule has 1 heterocycles. The molecular weight excluding hydrogens is 376 g/mol. The molecule has 6 heteroatoms. The first kappa shape index (κ1) is 19.4. The van der Waals surface area contributed by atoms with Gasteiger partial charge in [-0.1, -0.05) is 72.3 Å². The molecule has 0 unspecified atom stereocenters. The molecule has 3 aromatic carbocycles. The highest BCUT2D eigenvalue weighted by atomic mass is 16.3. The van der Waals surface area contributed by atoms with Gasteiger partial charge in [-0.05, 0) is 36.3 Å². The number of benzene rings is 3. The summed E-state index contributed by atoms with van der Waals surface area (Å²) in [6.45, 7) is 1.92. The highest BCUT2D eigenvalue weighted by Crippen LogP contribution is 2.34. The molecule has 150 valence electrons. The van der Waals surface area contributed by atoms with E-state index >= 15 is 0 Å². The summed E-state index contributed by atoms with van der Waals surface area (Å²) in [5.41, 5.74) is 11.9. The first-order valence-corrected chi connectivity index (χ1v) is 9.58. The standard InChI is InChI=1S/C24H22N4O2/c1-17-12-13-22(29)18(14-17)16-25-27-23(30)21-15-24(28-26-21,19-8-4-2-5-9-19)20-10-6-3-7-11-20/h2-16,26,28-29H,1H3,(H,27,30). The van der Waals surface area contributed by atoms with Crippen LogP contribution >= 0.6 is 0 Å². The van der Waals surface area contributed by atoms with E-state index in [1.165, 1.54) is 6.21 Å². The minimum Gasteiger partial charge on any atom is -0.507 e. The van der Waals surface area contributed by atoms with Gasteiger partial charge >= 0.3 is 0 Å². The van der Waals surface area contributed by atoms with Crippen LogP contribution in [0.1, 0.15) is 22.3 Å². The fraction of sp³-hybridized carbons (Fsp3) is 0.0833. The number of aryl methyl sites for hydroxylation is 1. The largest absolute Gasteiger partial charge is 0.507 e. The van der Waals surface area contributed by atoms with Gasteiger partial charge < -0.3 is 10.5 Å². The van der Waals surface area contributed by atoms with Crippen LogP contribution in [0.5, 0.6) is 5.75 Å². The van der Waals surface area contributed by atoms with Crippen molar-refractivity contribution in [2.75, 3.05) is 0 Å². The van der Waals surface area contributed by atoms with Crippen LogP contribution in [0, 0.1) is 6.92 Å². The van der Waals surface area contributed by atoms with E-state index in [2.05, 4.69) is 21.4 Å².